The Balaban J connectivity index is 0.000000155. The number of hydrogen-bond acceptors (Lipinski definition) is 24. The number of piperidine rings is 2. The van der Waals surface area contributed by atoms with Crippen LogP contribution >= 0.6 is 22.6 Å². The van der Waals surface area contributed by atoms with E-state index in [2.05, 4.69) is 143 Å². The first-order valence-corrected chi connectivity index (χ1v) is 39.6. The van der Waals surface area contributed by atoms with Crippen LogP contribution in [0, 0.1) is 39.2 Å². The van der Waals surface area contributed by atoms with E-state index in [1.807, 2.05) is 78.9 Å². The Kier molecular flexibility index (Phi) is 31.3. The van der Waals surface area contributed by atoms with Gasteiger partial charge in [0, 0.05) is 126 Å². The molecule has 117 heavy (non-hydrogen) atoms. The Morgan fingerprint density at radius 3 is 1.32 bits per heavy atom. The van der Waals surface area contributed by atoms with E-state index in [1.54, 1.807) is 57.4 Å². The summed E-state index contributed by atoms with van der Waals surface area (Å²) in [6.45, 7) is 16.3. The largest absolute Gasteiger partial charge is 0.488 e. The number of benzene rings is 3. The van der Waals surface area contributed by atoms with E-state index in [4.69, 9.17) is 40.2 Å². The Labute approximate surface area is 692 Å². The SMILES string of the molecule is C.CC#CC(=O)C[C@@H]1CCCN(c2ccnc(N)c2)C1.CC#CC(=O)C[C@@H]1CCCN(c2ccnc(NC(=O)Cc3ccc(-c4cc5c(N6CCOCC6)ncnc5[nH]4)cc3)c2)C1.Ic1cc2c(N3CCOCC3)ncnc2[nH]1.O=C(O)Cc1ccc(-c2cc3c(N4CCOCC4)ncnc3[nH]2)cc1.O=C(O)Cc1ccc(B(O)O)cc1. The smallest absolute Gasteiger partial charge is 0.481 e. The summed E-state index contributed by atoms with van der Waals surface area (Å²) in [6.07, 6.45) is 13.7. The summed E-state index contributed by atoms with van der Waals surface area (Å²) >= 11 is 2.25. The maximum atomic E-state index is 12.9. The van der Waals surface area contributed by atoms with Crippen molar-refractivity contribution in [3.8, 4) is 46.2 Å². The zero-order chi connectivity index (χ0) is 81.3. The van der Waals surface area contributed by atoms with Gasteiger partial charge in [0.15, 0.2) is 0 Å². The summed E-state index contributed by atoms with van der Waals surface area (Å²) in [7, 11) is -1.50. The third-order valence-corrected chi connectivity index (χ3v) is 20.6. The number of carbonyl (C=O) groups is 5. The number of H-pyrrole nitrogens is 3. The van der Waals surface area contributed by atoms with Gasteiger partial charge in [-0.05, 0) is 149 Å². The van der Waals surface area contributed by atoms with Crippen LogP contribution in [0.25, 0.3) is 55.6 Å². The number of hydrogen-bond donors (Lipinski definition) is 9. The number of nitrogens with two attached hydrogens (primary N) is 1. The number of nitrogens with zero attached hydrogens (tertiary/aromatic N) is 13. The van der Waals surface area contributed by atoms with E-state index in [-0.39, 0.29) is 50.1 Å². The van der Waals surface area contributed by atoms with Crippen molar-refractivity contribution >= 4 is 138 Å². The van der Waals surface area contributed by atoms with E-state index in [0.717, 1.165) is 204 Å². The number of fused-ring (bicyclic) bond motifs is 3. The van der Waals surface area contributed by atoms with Gasteiger partial charge in [-0.3, -0.25) is 24.0 Å². The van der Waals surface area contributed by atoms with Gasteiger partial charge in [0.05, 0.1) is 78.8 Å². The molecule has 0 unspecified atom stereocenters. The molecule has 11 aromatic rings. The van der Waals surface area contributed by atoms with Crippen molar-refractivity contribution in [2.75, 3.05) is 141 Å². The fourth-order valence-electron chi connectivity index (χ4n) is 14.4. The minimum atomic E-state index is -1.50. The summed E-state index contributed by atoms with van der Waals surface area (Å²) in [5.41, 5.74) is 16.8. The number of carboxylic acid groups (broad SMARTS) is 2. The Morgan fingerprint density at radius 2 is 0.906 bits per heavy atom. The third-order valence-electron chi connectivity index (χ3n) is 20.0. The number of aromatic amines is 3. The number of amides is 1. The molecule has 13 heterocycles. The maximum Gasteiger partial charge on any atom is 0.488 e. The second kappa shape index (κ2) is 42.6. The average molecular weight is 1700 g/mol. The van der Waals surface area contributed by atoms with Gasteiger partial charge in [-0.2, -0.15) is 0 Å². The van der Waals surface area contributed by atoms with Gasteiger partial charge in [-0.15, -0.1) is 0 Å². The second-order valence-electron chi connectivity index (χ2n) is 28.3. The van der Waals surface area contributed by atoms with Crippen molar-refractivity contribution in [1.82, 2.24) is 54.8 Å². The molecule has 0 radical (unpaired) electrons. The molecule has 16 rings (SSSR count). The van der Waals surface area contributed by atoms with Gasteiger partial charge in [0.2, 0.25) is 17.5 Å². The lowest BCUT2D eigenvalue weighted by Crippen LogP contribution is -2.36. The number of rotatable bonds is 19. The van der Waals surface area contributed by atoms with Crippen LogP contribution in [-0.4, -0.2) is 217 Å². The fourth-order valence-corrected chi connectivity index (χ4v) is 15.0. The van der Waals surface area contributed by atoms with Crippen LogP contribution in [0.4, 0.5) is 40.5 Å². The average Bonchev–Trinajstić information content (AvgIpc) is 1.64. The van der Waals surface area contributed by atoms with Crippen LogP contribution in [0.1, 0.15) is 76.5 Å². The highest BCUT2D eigenvalue weighted by Crippen LogP contribution is 2.34. The highest BCUT2D eigenvalue weighted by atomic mass is 127. The minimum absolute atomic E-state index is 0. The molecule has 32 heteroatoms. The number of nitrogen functional groups attached to an aromatic ring is 1. The van der Waals surface area contributed by atoms with Gasteiger partial charge < -0.3 is 85.0 Å². The molecule has 8 aromatic heterocycles. The molecule has 0 aliphatic carbocycles. The summed E-state index contributed by atoms with van der Waals surface area (Å²) in [6, 6.07) is 35.5. The number of carboxylic acids is 2. The number of morpholine rings is 3. The van der Waals surface area contributed by atoms with Crippen molar-refractivity contribution < 1.29 is 58.4 Å². The van der Waals surface area contributed by atoms with E-state index in [9.17, 15) is 24.0 Å². The molecule has 10 N–H and O–H groups in total. The summed E-state index contributed by atoms with van der Waals surface area (Å²) < 4.78 is 17.3. The number of nitrogens with one attached hydrogen (secondary N) is 4. The lowest BCUT2D eigenvalue weighted by Gasteiger charge is -2.34. The predicted molar refractivity (Wildman–Crippen MR) is 461 cm³/mol. The zero-order valence-electron chi connectivity index (χ0n) is 64.6. The van der Waals surface area contributed by atoms with Gasteiger partial charge in [-0.1, -0.05) is 92.1 Å². The quantitative estimate of drug-likeness (QED) is 0.0157. The third kappa shape index (κ3) is 24.6. The molecular formula is C85H96BIN18O12. The standard InChI is InChI=1S/C33H35N7O3.C18H18N4O3.C15H19N3O.C10H11IN4O.C8H9BO4.CH4/c1-2-4-27(41)17-24-5-3-12-40(21-24)26-10-11-34-30(19-26)38-31(42)18-23-6-8-25(9-7-23)29-20-28-32(37-29)35-22-36-33(28)39-13-15-43-16-14-39;23-16(24)9-12-1-3-13(4-2-12)15-10-14-17(21-15)19-11-20-18(14)22-5-7-25-8-6-22;1-2-4-14(19)9-12-5-3-8-18(11-12)13-6-7-17-15(16)10-13;11-8-5-7-9(14-8)12-6-13-10(7)15-1-3-16-4-2-15;10-8(11)5-6-1-3-7(4-2-6)9(12)13;/h6-11,19-20,22,24H,3,5,12-18,21H2,1H3,(H,34,38,42)(H,35,36,37);1-4,10-11H,5-9H2,(H,23,24)(H,19,20,21);6-7,10,12H,3,5,8-9,11H2,1H3,(H2,16,17);5-6H,1-4H2,(H,12,13,14);1-4,12-13H,5H2,(H,10,11);1H4/t24-;;12-;;;/m0.0.../s1. The monoisotopic (exact) mass is 1700 g/mol. The molecule has 3 aromatic carbocycles. The number of carbonyl (C=O) groups excluding carboxylic acids is 3. The van der Waals surface area contributed by atoms with E-state index < -0.39 is 19.1 Å². The van der Waals surface area contributed by atoms with Crippen LogP contribution in [0.5, 0.6) is 0 Å². The van der Waals surface area contributed by atoms with Crippen LogP contribution in [0.2, 0.25) is 0 Å². The first-order valence-electron chi connectivity index (χ1n) is 38.5. The molecular weight excluding hydrogens is 1600 g/mol. The molecule has 30 nitrogen and oxygen atoms in total. The van der Waals surface area contributed by atoms with Crippen molar-refractivity contribution in [3.63, 3.8) is 0 Å². The molecule has 0 saturated carbocycles. The number of halogens is 1. The van der Waals surface area contributed by atoms with Gasteiger partial charge in [0.1, 0.15) is 65.0 Å². The summed E-state index contributed by atoms with van der Waals surface area (Å²) in [5.74, 6) is 13.4. The zero-order valence-corrected chi connectivity index (χ0v) is 66.7. The van der Waals surface area contributed by atoms with Crippen molar-refractivity contribution in [2.24, 2.45) is 11.8 Å². The van der Waals surface area contributed by atoms with Crippen molar-refractivity contribution in [3.05, 3.63) is 167 Å². The molecule has 0 spiro atoms. The molecule has 5 fully saturated rings. The highest BCUT2D eigenvalue weighted by molar-refractivity contribution is 14.1. The van der Waals surface area contributed by atoms with Crippen molar-refractivity contribution in [2.45, 2.75) is 79.1 Å². The van der Waals surface area contributed by atoms with Crippen molar-refractivity contribution in [1.29, 1.82) is 0 Å². The van der Waals surface area contributed by atoms with Crippen LogP contribution < -0.4 is 41.0 Å². The van der Waals surface area contributed by atoms with E-state index in [1.165, 1.54) is 12.1 Å². The number of ketones is 2. The molecule has 2 atom stereocenters. The number of Topliss-reactive ketones (excluding diaryl/α,β-unsaturated/α-hetero) is 2. The Bertz CT molecular complexity index is 5300. The van der Waals surface area contributed by atoms with Crippen LogP contribution in [0.3, 0.4) is 0 Å². The van der Waals surface area contributed by atoms with Crippen LogP contribution in [-0.2, 0) is 57.4 Å². The normalized spacial score (nSPS) is 15.8. The number of aliphatic carboxylic acids is 2. The molecule has 5 saturated heterocycles. The van der Waals surface area contributed by atoms with E-state index in [0.29, 0.717) is 67.8 Å². The summed E-state index contributed by atoms with van der Waals surface area (Å²) in [4.78, 5) is 114. The molecule has 5 aliphatic heterocycles. The first-order chi connectivity index (χ1) is 56.4. The van der Waals surface area contributed by atoms with Gasteiger partial charge in [-0.25, -0.2) is 39.9 Å². The predicted octanol–water partition coefficient (Wildman–Crippen LogP) is 9.22. The Hall–Kier alpha value is -11.9. The Morgan fingerprint density at radius 1 is 0.504 bits per heavy atom. The molecule has 0 bridgehead atoms. The lowest BCUT2D eigenvalue weighted by atomic mass is 9.80. The van der Waals surface area contributed by atoms with Gasteiger partial charge >= 0.3 is 19.1 Å². The number of aromatic nitrogens is 11. The molecule has 608 valence electrons. The highest BCUT2D eigenvalue weighted by Gasteiger charge is 2.26. The number of ether oxygens (including phenoxy) is 3. The fraction of sp³-hybridized carbons (Fsp3) is 0.353. The molecule has 5 aliphatic rings. The summed E-state index contributed by atoms with van der Waals surface area (Å²) in [5, 5.41) is 40.8. The van der Waals surface area contributed by atoms with Gasteiger partial charge in [0.25, 0.3) is 0 Å². The number of pyridine rings is 2. The maximum absolute atomic E-state index is 12.9. The van der Waals surface area contributed by atoms with E-state index >= 15 is 0 Å². The first kappa shape index (κ1) is 86.0. The lowest BCUT2D eigenvalue weighted by molar-refractivity contribution is -0.137. The minimum Gasteiger partial charge on any atom is -0.481 e. The number of anilines is 7. The second-order valence-corrected chi connectivity index (χ2v) is 29.4. The van der Waals surface area contributed by atoms with Crippen LogP contribution in [0.15, 0.2) is 147 Å². The molecule has 1 amide bonds. The topological polar surface area (TPSA) is 399 Å².